The van der Waals surface area contributed by atoms with E-state index in [4.69, 9.17) is 0 Å². The molecule has 2 aromatic heterocycles. The van der Waals surface area contributed by atoms with E-state index in [-0.39, 0.29) is 23.7 Å². The number of benzene rings is 1. The van der Waals surface area contributed by atoms with E-state index >= 15 is 0 Å². The van der Waals surface area contributed by atoms with Crippen LogP contribution in [0.25, 0.3) is 11.0 Å². The molecule has 0 unspecified atom stereocenters. The highest BCUT2D eigenvalue weighted by molar-refractivity contribution is 7.90. The molecule has 0 fully saturated rings. The number of nitrogens with one attached hydrogen (secondary N) is 1. The van der Waals surface area contributed by atoms with Gasteiger partial charge in [0.2, 0.25) is 20.9 Å². The number of para-hydroxylation sites is 2. The van der Waals surface area contributed by atoms with Crippen LogP contribution in [0.1, 0.15) is 17.8 Å². The lowest BCUT2D eigenvalue weighted by atomic mass is 10.2. The number of rotatable bonds is 5. The van der Waals surface area contributed by atoms with E-state index in [0.717, 1.165) is 11.1 Å². The molecule has 0 aliphatic heterocycles. The van der Waals surface area contributed by atoms with Crippen LogP contribution in [0.4, 0.5) is 0 Å². The fourth-order valence-corrected chi connectivity index (χ4v) is 4.09. The van der Waals surface area contributed by atoms with Gasteiger partial charge in [0.25, 0.3) is 0 Å². The molecule has 0 bridgehead atoms. The second-order valence-corrected chi connectivity index (χ2v) is 8.43. The molecule has 126 valence electrons. The van der Waals surface area contributed by atoms with Crippen LogP contribution in [0.15, 0.2) is 46.9 Å². The first-order valence-corrected chi connectivity index (χ1v) is 10.1. The maximum absolute atomic E-state index is 12.4. The summed E-state index contributed by atoms with van der Waals surface area (Å²) >= 11 is 1.56. The van der Waals surface area contributed by atoms with E-state index < -0.39 is 9.84 Å². The minimum atomic E-state index is -3.54. The van der Waals surface area contributed by atoms with Crippen molar-refractivity contribution in [3.63, 3.8) is 0 Å². The van der Waals surface area contributed by atoms with Gasteiger partial charge >= 0.3 is 0 Å². The third kappa shape index (κ3) is 3.34. The number of fused-ring (bicyclic) bond motifs is 1. The number of thiophene rings is 1. The highest BCUT2D eigenvalue weighted by Gasteiger charge is 2.21. The highest BCUT2D eigenvalue weighted by Crippen LogP contribution is 2.21. The Kier molecular flexibility index (Phi) is 4.42. The average Bonchev–Trinajstić information content (AvgIpc) is 3.15. The molecule has 0 saturated heterocycles. The summed E-state index contributed by atoms with van der Waals surface area (Å²) in [4.78, 5) is 17.6. The maximum Gasteiger partial charge on any atom is 0.240 e. The van der Waals surface area contributed by atoms with Gasteiger partial charge in [-0.15, -0.1) is 11.3 Å². The molecule has 1 amide bonds. The predicted molar refractivity (Wildman–Crippen MR) is 93.7 cm³/mol. The molecule has 0 spiro atoms. The van der Waals surface area contributed by atoms with Crippen LogP contribution in [0.3, 0.4) is 0 Å². The lowest BCUT2D eigenvalue weighted by Crippen LogP contribution is -2.30. The van der Waals surface area contributed by atoms with Crippen molar-refractivity contribution < 1.29 is 13.2 Å². The van der Waals surface area contributed by atoms with Gasteiger partial charge in [-0.25, -0.2) is 13.4 Å². The summed E-state index contributed by atoms with van der Waals surface area (Å²) in [6.45, 7) is 1.80. The molecule has 1 atom stereocenters. The Balaban J connectivity index is 1.90. The van der Waals surface area contributed by atoms with Crippen molar-refractivity contribution in [3.05, 3.63) is 46.7 Å². The first-order valence-electron chi connectivity index (χ1n) is 7.34. The van der Waals surface area contributed by atoms with Crippen LogP contribution >= 0.6 is 11.3 Å². The maximum atomic E-state index is 12.4. The van der Waals surface area contributed by atoms with Crippen molar-refractivity contribution >= 4 is 38.1 Å². The van der Waals surface area contributed by atoms with Crippen molar-refractivity contribution in [2.75, 3.05) is 6.26 Å². The zero-order valence-electron chi connectivity index (χ0n) is 13.3. The van der Waals surface area contributed by atoms with Crippen molar-refractivity contribution in [1.82, 2.24) is 14.9 Å². The molecule has 0 radical (unpaired) electrons. The fourth-order valence-electron chi connectivity index (χ4n) is 2.53. The van der Waals surface area contributed by atoms with E-state index in [1.54, 1.807) is 35.6 Å². The first kappa shape index (κ1) is 16.7. The second-order valence-electron chi connectivity index (χ2n) is 5.55. The molecule has 3 aromatic rings. The summed E-state index contributed by atoms with van der Waals surface area (Å²) in [5.74, 6) is -0.260. The van der Waals surface area contributed by atoms with Crippen molar-refractivity contribution in [1.29, 1.82) is 0 Å². The van der Waals surface area contributed by atoms with Crippen molar-refractivity contribution in [3.8, 4) is 0 Å². The number of hydrogen-bond acceptors (Lipinski definition) is 5. The number of aromatic nitrogens is 2. The zero-order chi connectivity index (χ0) is 17.3. The minimum absolute atomic E-state index is 0.0948. The van der Waals surface area contributed by atoms with Gasteiger partial charge in [-0.1, -0.05) is 18.2 Å². The molecule has 1 N–H and O–H groups in total. The molecule has 8 heteroatoms. The number of amides is 1. The van der Waals surface area contributed by atoms with E-state index in [0.29, 0.717) is 11.0 Å². The average molecular weight is 363 g/mol. The lowest BCUT2D eigenvalue weighted by molar-refractivity contribution is -0.122. The standard InChI is InChI=1S/C16H17N3O3S2/c1-11(14-8-5-9-23-14)17-15(20)10-19-13-7-4-3-6-12(13)18-16(19)24(2,21)22/h3-9,11H,10H2,1-2H3,(H,17,20)/t11-/m1/s1. The molecule has 6 nitrogen and oxygen atoms in total. The molecule has 0 aliphatic rings. The van der Waals surface area contributed by atoms with Gasteiger partial charge in [0.15, 0.2) is 0 Å². The van der Waals surface area contributed by atoms with E-state index in [1.165, 1.54) is 4.57 Å². The predicted octanol–water partition coefficient (Wildman–Crippen LogP) is 2.38. The Morgan fingerprint density at radius 2 is 2.04 bits per heavy atom. The Hall–Kier alpha value is -2.19. The topological polar surface area (TPSA) is 81.1 Å². The third-order valence-electron chi connectivity index (χ3n) is 3.60. The molecule has 24 heavy (non-hydrogen) atoms. The Labute approximate surface area is 144 Å². The van der Waals surface area contributed by atoms with Gasteiger partial charge in [0.1, 0.15) is 6.54 Å². The number of carbonyl (C=O) groups is 1. The molecule has 0 saturated carbocycles. The SMILES string of the molecule is C[C@@H](NC(=O)Cn1c(S(C)(=O)=O)nc2ccccc21)c1cccs1. The third-order valence-corrected chi connectivity index (χ3v) is 5.63. The van der Waals surface area contributed by atoms with Gasteiger partial charge in [-0.3, -0.25) is 4.79 Å². The summed E-state index contributed by atoms with van der Waals surface area (Å²) in [7, 11) is -3.54. The van der Waals surface area contributed by atoms with Gasteiger partial charge < -0.3 is 9.88 Å². The quantitative estimate of drug-likeness (QED) is 0.755. The van der Waals surface area contributed by atoms with Crippen LogP contribution in [-0.2, 0) is 21.2 Å². The minimum Gasteiger partial charge on any atom is -0.347 e. The summed E-state index contributed by atoms with van der Waals surface area (Å²) in [5.41, 5.74) is 1.17. The lowest BCUT2D eigenvalue weighted by Gasteiger charge is -2.13. The molecule has 0 aliphatic carbocycles. The summed E-state index contributed by atoms with van der Waals surface area (Å²) in [5, 5.41) is 4.74. The molecular weight excluding hydrogens is 346 g/mol. The van der Waals surface area contributed by atoms with Gasteiger partial charge in [-0.05, 0) is 30.5 Å². The normalized spacial score (nSPS) is 13.1. The Morgan fingerprint density at radius 1 is 1.29 bits per heavy atom. The summed E-state index contributed by atoms with van der Waals surface area (Å²) in [6.07, 6.45) is 1.09. The Bertz CT molecular complexity index is 975. The highest BCUT2D eigenvalue weighted by atomic mass is 32.2. The first-order chi connectivity index (χ1) is 11.4. The summed E-state index contributed by atoms with van der Waals surface area (Å²) < 4.78 is 25.4. The van der Waals surface area contributed by atoms with Gasteiger partial charge in [0.05, 0.1) is 17.1 Å². The second kappa shape index (κ2) is 6.37. The number of nitrogens with zero attached hydrogens (tertiary/aromatic N) is 2. The van der Waals surface area contributed by atoms with Crippen LogP contribution in [0.2, 0.25) is 0 Å². The van der Waals surface area contributed by atoms with Crippen molar-refractivity contribution in [2.45, 2.75) is 24.7 Å². The molecule has 3 rings (SSSR count). The fraction of sp³-hybridized carbons (Fsp3) is 0.250. The molecule has 2 heterocycles. The Morgan fingerprint density at radius 3 is 2.71 bits per heavy atom. The van der Waals surface area contributed by atoms with E-state index in [9.17, 15) is 13.2 Å². The largest absolute Gasteiger partial charge is 0.347 e. The van der Waals surface area contributed by atoms with Gasteiger partial charge in [0, 0.05) is 11.1 Å². The monoisotopic (exact) mass is 363 g/mol. The molecule has 1 aromatic carbocycles. The number of imidazole rings is 1. The smallest absolute Gasteiger partial charge is 0.240 e. The number of sulfone groups is 1. The van der Waals surface area contributed by atoms with Crippen molar-refractivity contribution in [2.24, 2.45) is 0 Å². The van der Waals surface area contributed by atoms with Crippen LogP contribution in [0.5, 0.6) is 0 Å². The van der Waals surface area contributed by atoms with E-state index in [1.807, 2.05) is 24.4 Å². The summed E-state index contributed by atoms with van der Waals surface area (Å²) in [6, 6.07) is 10.8. The van der Waals surface area contributed by atoms with E-state index in [2.05, 4.69) is 10.3 Å². The van der Waals surface area contributed by atoms with Crippen LogP contribution in [-0.4, -0.2) is 30.1 Å². The van der Waals surface area contributed by atoms with Crippen LogP contribution in [0, 0.1) is 0 Å². The number of carbonyl (C=O) groups excluding carboxylic acids is 1. The van der Waals surface area contributed by atoms with Gasteiger partial charge in [-0.2, -0.15) is 0 Å². The zero-order valence-corrected chi connectivity index (χ0v) is 14.9. The number of hydrogen-bond donors (Lipinski definition) is 1. The molecular formula is C16H17N3O3S2. The van der Waals surface area contributed by atoms with Crippen LogP contribution < -0.4 is 5.32 Å².